The molecule has 0 spiro atoms. The highest BCUT2D eigenvalue weighted by molar-refractivity contribution is 5.85. The maximum atomic E-state index is 12.0. The molecule has 1 aliphatic carbocycles. The number of aliphatic hydroxyl groups excluding tert-OH is 2. The van der Waals surface area contributed by atoms with Crippen LogP contribution in [0, 0.1) is 0 Å². The molecule has 2 aliphatic rings. The lowest BCUT2D eigenvalue weighted by Gasteiger charge is -2.22. The number of ether oxygens (including phenoxy) is 1. The average Bonchev–Trinajstić information content (AvgIpc) is 3.50. The van der Waals surface area contributed by atoms with Crippen LogP contribution in [-0.4, -0.2) is 80.1 Å². The lowest BCUT2D eigenvalue weighted by atomic mass is 10.1. The molecule has 4 N–H and O–H groups in total. The number of likely N-dealkylation sites (N-methyl/N-ethyl adjacent to an activating group) is 1. The normalized spacial score (nSPS) is 26.5. The summed E-state index contributed by atoms with van der Waals surface area (Å²) in [4.78, 5) is 28.0. The fraction of sp³-hybridized carbons (Fsp3) is 0.700. The third kappa shape index (κ3) is 3.92. The predicted octanol–water partition coefficient (Wildman–Crippen LogP) is 0.392. The van der Waals surface area contributed by atoms with Gasteiger partial charge >= 0.3 is 0 Å². The summed E-state index contributed by atoms with van der Waals surface area (Å²) in [7, 11) is 1.45. The van der Waals surface area contributed by atoms with Crippen LogP contribution in [0.25, 0.3) is 11.2 Å². The number of nitrogens with one attached hydrogen (secondary N) is 2. The molecular formula is C20H31N7O4. The van der Waals surface area contributed by atoms with E-state index in [1.165, 1.54) is 26.2 Å². The number of nitrogens with zero attached hydrogens (tertiary/aromatic N) is 5. The minimum absolute atomic E-state index is 0.334. The van der Waals surface area contributed by atoms with Crippen LogP contribution in [-0.2, 0) is 9.53 Å². The molecule has 1 saturated carbocycles. The first kappa shape index (κ1) is 21.7. The van der Waals surface area contributed by atoms with Crippen molar-refractivity contribution in [3.63, 3.8) is 0 Å². The second-order valence-corrected chi connectivity index (χ2v) is 8.04. The van der Waals surface area contributed by atoms with Crippen LogP contribution in [0.3, 0.4) is 0 Å². The van der Waals surface area contributed by atoms with Crippen molar-refractivity contribution in [2.75, 3.05) is 30.4 Å². The Labute approximate surface area is 180 Å². The van der Waals surface area contributed by atoms with Gasteiger partial charge in [-0.3, -0.25) is 9.36 Å². The predicted molar refractivity (Wildman–Crippen MR) is 115 cm³/mol. The first-order valence-corrected chi connectivity index (χ1v) is 11.0. The molecule has 2 fully saturated rings. The van der Waals surface area contributed by atoms with E-state index in [-0.39, 0.29) is 0 Å². The van der Waals surface area contributed by atoms with Crippen LogP contribution in [0.5, 0.6) is 0 Å². The summed E-state index contributed by atoms with van der Waals surface area (Å²) in [5.74, 6) is 0.699. The summed E-state index contributed by atoms with van der Waals surface area (Å²) in [6.07, 6.45) is 1.20. The number of fused-ring (bicyclic) bond motifs is 1. The van der Waals surface area contributed by atoms with E-state index in [9.17, 15) is 15.0 Å². The minimum Gasteiger partial charge on any atom is -0.387 e. The van der Waals surface area contributed by atoms with Crippen molar-refractivity contribution in [2.24, 2.45) is 0 Å². The van der Waals surface area contributed by atoms with Gasteiger partial charge in [0.25, 0.3) is 5.91 Å². The van der Waals surface area contributed by atoms with Gasteiger partial charge in [0.05, 0.1) is 6.33 Å². The molecule has 0 aromatic carbocycles. The standard InChI is InChI=1S/C20H31N7O4/c1-4-26(5-2)20-24-16(23-11-8-6-7-9-11)12-17(25-20)27(10-22-12)19-14(29)13(28)15(31-19)18(30)21-3/h10-11,13-15,19,28-29H,4-9H2,1-3H3,(H,21,30)(H,23,24,25)/t13-,14+,15-,19+/m0/s1. The molecular weight excluding hydrogens is 402 g/mol. The molecule has 0 unspecified atom stereocenters. The molecule has 1 saturated heterocycles. The number of amides is 1. The minimum atomic E-state index is -1.36. The molecule has 11 heteroatoms. The highest BCUT2D eigenvalue weighted by Crippen LogP contribution is 2.34. The van der Waals surface area contributed by atoms with Gasteiger partial charge in [0.1, 0.15) is 12.2 Å². The molecule has 31 heavy (non-hydrogen) atoms. The van der Waals surface area contributed by atoms with Gasteiger partial charge < -0.3 is 30.5 Å². The van der Waals surface area contributed by atoms with E-state index in [4.69, 9.17) is 14.7 Å². The summed E-state index contributed by atoms with van der Waals surface area (Å²) in [6.45, 7) is 5.54. The second kappa shape index (κ2) is 8.93. The number of rotatable bonds is 7. The van der Waals surface area contributed by atoms with E-state index in [1.54, 1.807) is 4.57 Å². The zero-order valence-corrected chi connectivity index (χ0v) is 18.2. The molecule has 11 nitrogen and oxygen atoms in total. The van der Waals surface area contributed by atoms with Crippen molar-refractivity contribution >= 4 is 28.8 Å². The number of hydrogen-bond donors (Lipinski definition) is 4. The average molecular weight is 434 g/mol. The fourth-order valence-corrected chi connectivity index (χ4v) is 4.35. The summed E-state index contributed by atoms with van der Waals surface area (Å²) < 4.78 is 7.30. The summed E-state index contributed by atoms with van der Waals surface area (Å²) in [5, 5.41) is 26.9. The SMILES string of the molecule is CCN(CC)c1nc(NC2CCCC2)c2ncn([C@@H]3O[C@H](C(=O)NC)[C@@H](O)[C@H]3O)c2n1. The molecule has 2 aromatic heterocycles. The third-order valence-electron chi connectivity index (χ3n) is 6.17. The molecule has 1 amide bonds. The van der Waals surface area contributed by atoms with Crippen LogP contribution in [0.2, 0.25) is 0 Å². The van der Waals surface area contributed by atoms with Gasteiger partial charge in [0.15, 0.2) is 29.3 Å². The fourth-order valence-electron chi connectivity index (χ4n) is 4.35. The molecule has 170 valence electrons. The van der Waals surface area contributed by atoms with Crippen LogP contribution >= 0.6 is 0 Å². The largest absolute Gasteiger partial charge is 0.387 e. The summed E-state index contributed by atoms with van der Waals surface area (Å²) in [5.41, 5.74) is 1.04. The smallest absolute Gasteiger partial charge is 0.251 e. The number of aromatic nitrogens is 4. The summed E-state index contributed by atoms with van der Waals surface area (Å²) in [6, 6.07) is 0.334. The number of anilines is 2. The van der Waals surface area contributed by atoms with Gasteiger partial charge in [-0.1, -0.05) is 12.8 Å². The molecule has 3 heterocycles. The highest BCUT2D eigenvalue weighted by atomic mass is 16.6. The van der Waals surface area contributed by atoms with E-state index < -0.39 is 30.4 Å². The molecule has 1 aliphatic heterocycles. The van der Waals surface area contributed by atoms with Gasteiger partial charge in [-0.2, -0.15) is 9.97 Å². The van der Waals surface area contributed by atoms with Crippen molar-refractivity contribution in [2.45, 2.75) is 70.1 Å². The van der Waals surface area contributed by atoms with Gasteiger partial charge in [-0.25, -0.2) is 4.98 Å². The Morgan fingerprint density at radius 3 is 2.58 bits per heavy atom. The molecule has 4 atom stereocenters. The number of aliphatic hydroxyl groups is 2. The summed E-state index contributed by atoms with van der Waals surface area (Å²) >= 11 is 0. The zero-order valence-electron chi connectivity index (χ0n) is 18.2. The Kier molecular flexibility index (Phi) is 6.26. The monoisotopic (exact) mass is 433 g/mol. The Morgan fingerprint density at radius 1 is 1.23 bits per heavy atom. The van der Waals surface area contributed by atoms with Gasteiger partial charge in [-0.15, -0.1) is 0 Å². The third-order valence-corrected chi connectivity index (χ3v) is 6.17. The van der Waals surface area contributed by atoms with Crippen molar-refractivity contribution < 1.29 is 19.7 Å². The Hall–Kier alpha value is -2.50. The van der Waals surface area contributed by atoms with Crippen molar-refractivity contribution in [1.29, 1.82) is 0 Å². The number of hydrogen-bond acceptors (Lipinski definition) is 9. The number of imidazole rings is 1. The topological polar surface area (TPSA) is 138 Å². The maximum Gasteiger partial charge on any atom is 0.251 e. The van der Waals surface area contributed by atoms with E-state index in [0.29, 0.717) is 29.0 Å². The molecule has 0 bridgehead atoms. The molecule has 2 aromatic rings. The highest BCUT2D eigenvalue weighted by Gasteiger charge is 2.47. The number of carbonyl (C=O) groups is 1. The number of carbonyl (C=O) groups excluding carboxylic acids is 1. The van der Waals surface area contributed by atoms with Crippen LogP contribution in [0.4, 0.5) is 11.8 Å². The first-order valence-electron chi connectivity index (χ1n) is 11.0. The van der Waals surface area contributed by atoms with Crippen LogP contribution < -0.4 is 15.5 Å². The Bertz CT molecular complexity index is 926. The van der Waals surface area contributed by atoms with Gasteiger partial charge in [0.2, 0.25) is 5.95 Å². The van der Waals surface area contributed by atoms with Gasteiger partial charge in [-0.05, 0) is 26.7 Å². The zero-order chi connectivity index (χ0) is 22.1. The van der Waals surface area contributed by atoms with Crippen LogP contribution in [0.1, 0.15) is 45.8 Å². The van der Waals surface area contributed by atoms with E-state index in [1.807, 2.05) is 18.7 Å². The van der Waals surface area contributed by atoms with Crippen molar-refractivity contribution in [3.8, 4) is 0 Å². The van der Waals surface area contributed by atoms with E-state index in [2.05, 4.69) is 15.6 Å². The lowest BCUT2D eigenvalue weighted by molar-refractivity contribution is -0.137. The maximum absolute atomic E-state index is 12.0. The van der Waals surface area contributed by atoms with Gasteiger partial charge in [0, 0.05) is 26.2 Å². The molecule has 4 rings (SSSR count). The van der Waals surface area contributed by atoms with E-state index in [0.717, 1.165) is 25.9 Å². The van der Waals surface area contributed by atoms with Crippen molar-refractivity contribution in [3.05, 3.63) is 6.33 Å². The lowest BCUT2D eigenvalue weighted by Crippen LogP contribution is -2.41. The molecule has 0 radical (unpaired) electrons. The Balaban J connectivity index is 1.76. The van der Waals surface area contributed by atoms with Crippen molar-refractivity contribution in [1.82, 2.24) is 24.8 Å². The van der Waals surface area contributed by atoms with Crippen LogP contribution in [0.15, 0.2) is 6.33 Å². The van der Waals surface area contributed by atoms with E-state index >= 15 is 0 Å². The first-order chi connectivity index (χ1) is 15.0. The Morgan fingerprint density at radius 2 is 1.94 bits per heavy atom. The quantitative estimate of drug-likeness (QED) is 0.488. The second-order valence-electron chi connectivity index (χ2n) is 8.04.